The summed E-state index contributed by atoms with van der Waals surface area (Å²) >= 11 is 1.51. The van der Waals surface area contributed by atoms with Gasteiger partial charge in [0.05, 0.1) is 18.5 Å². The van der Waals surface area contributed by atoms with Crippen LogP contribution < -0.4 is 4.80 Å². The van der Waals surface area contributed by atoms with E-state index < -0.39 is 0 Å². The average molecular weight is 401 g/mol. The summed E-state index contributed by atoms with van der Waals surface area (Å²) in [5, 5.41) is 26.1. The van der Waals surface area contributed by atoms with Crippen molar-refractivity contribution in [1.29, 1.82) is 0 Å². The average Bonchev–Trinajstić information content (AvgIpc) is 3.16. The Morgan fingerprint density at radius 3 is 2.34 bits per heavy atom. The Balaban J connectivity index is 1.76. The number of thiazole rings is 1. The molecule has 1 aromatic heterocycles. The maximum atomic E-state index is 10.0. The maximum absolute atomic E-state index is 10.0. The van der Waals surface area contributed by atoms with Gasteiger partial charge in [0.1, 0.15) is 11.5 Å². The molecule has 4 rings (SSSR count). The van der Waals surface area contributed by atoms with Crippen molar-refractivity contribution in [3.8, 4) is 22.8 Å². The first-order valence-corrected chi connectivity index (χ1v) is 9.95. The Kier molecular flexibility index (Phi) is 5.54. The number of hydrogen-bond acceptors (Lipinski definition) is 5. The lowest BCUT2D eigenvalue weighted by Crippen LogP contribution is -2.12. The number of aromatic hydroxyl groups is 2. The Hall–Kier alpha value is -3.64. The Morgan fingerprint density at radius 2 is 1.62 bits per heavy atom. The minimum Gasteiger partial charge on any atom is -0.508 e. The van der Waals surface area contributed by atoms with Gasteiger partial charge in [0.25, 0.3) is 0 Å². The lowest BCUT2D eigenvalue weighted by Gasteiger charge is -2.04. The molecule has 144 valence electrons. The zero-order valence-electron chi connectivity index (χ0n) is 15.5. The second-order valence-corrected chi connectivity index (χ2v) is 7.21. The minimum absolute atomic E-state index is 0.00589. The van der Waals surface area contributed by atoms with Gasteiger partial charge in [-0.15, -0.1) is 11.3 Å². The monoisotopic (exact) mass is 401 g/mol. The van der Waals surface area contributed by atoms with Crippen molar-refractivity contribution >= 4 is 17.6 Å². The van der Waals surface area contributed by atoms with Crippen LogP contribution in [-0.2, 0) is 6.54 Å². The van der Waals surface area contributed by atoms with Gasteiger partial charge in [-0.3, -0.25) is 4.99 Å². The highest BCUT2D eigenvalue weighted by atomic mass is 32.1. The number of phenols is 2. The Labute approximate surface area is 172 Å². The van der Waals surface area contributed by atoms with Crippen LogP contribution in [0.15, 0.2) is 94.3 Å². The van der Waals surface area contributed by atoms with E-state index in [0.717, 1.165) is 21.6 Å². The Bertz CT molecular complexity index is 1200. The van der Waals surface area contributed by atoms with Crippen molar-refractivity contribution in [3.63, 3.8) is 0 Å². The van der Waals surface area contributed by atoms with Gasteiger partial charge in [-0.25, -0.2) is 4.68 Å². The van der Waals surface area contributed by atoms with Crippen LogP contribution in [0.25, 0.3) is 11.3 Å². The summed E-state index contributed by atoms with van der Waals surface area (Å²) in [6.07, 6.45) is 1.56. The van der Waals surface area contributed by atoms with Crippen LogP contribution in [0.1, 0.15) is 11.1 Å². The summed E-state index contributed by atoms with van der Waals surface area (Å²) < 4.78 is 1.77. The van der Waals surface area contributed by atoms with Gasteiger partial charge in [0, 0.05) is 22.6 Å². The predicted octanol–water partition coefficient (Wildman–Crippen LogP) is 4.61. The molecule has 0 saturated heterocycles. The summed E-state index contributed by atoms with van der Waals surface area (Å²) in [7, 11) is 0. The molecular formula is C23H19N3O2S. The molecule has 0 aliphatic rings. The molecule has 0 fully saturated rings. The third-order valence-electron chi connectivity index (χ3n) is 4.32. The molecule has 0 spiro atoms. The molecule has 4 aromatic rings. The molecule has 2 N–H and O–H groups in total. The number of aromatic nitrogens is 1. The van der Waals surface area contributed by atoms with Crippen LogP contribution >= 0.6 is 11.3 Å². The van der Waals surface area contributed by atoms with Crippen molar-refractivity contribution in [1.82, 2.24) is 4.68 Å². The first-order chi connectivity index (χ1) is 14.2. The van der Waals surface area contributed by atoms with Crippen molar-refractivity contribution in [3.05, 3.63) is 100 Å². The number of phenolic OH excluding ortho intramolecular Hbond substituents is 2. The van der Waals surface area contributed by atoms with Crippen molar-refractivity contribution < 1.29 is 10.2 Å². The molecule has 5 nitrogen and oxygen atoms in total. The second kappa shape index (κ2) is 8.58. The first kappa shape index (κ1) is 18.7. The van der Waals surface area contributed by atoms with E-state index in [2.05, 4.69) is 5.10 Å². The lowest BCUT2D eigenvalue weighted by atomic mass is 10.2. The maximum Gasteiger partial charge on any atom is 0.206 e. The van der Waals surface area contributed by atoms with Crippen LogP contribution in [0.5, 0.6) is 11.5 Å². The van der Waals surface area contributed by atoms with E-state index >= 15 is 0 Å². The topological polar surface area (TPSA) is 70.1 Å². The van der Waals surface area contributed by atoms with Gasteiger partial charge >= 0.3 is 0 Å². The number of rotatable bonds is 5. The quantitative estimate of drug-likeness (QED) is 0.480. The highest BCUT2D eigenvalue weighted by Gasteiger charge is 2.07. The lowest BCUT2D eigenvalue weighted by molar-refractivity contribution is 0.450. The van der Waals surface area contributed by atoms with E-state index in [-0.39, 0.29) is 11.5 Å². The number of nitrogens with zero attached hydrogens (tertiary/aromatic N) is 3. The number of hydrogen-bond donors (Lipinski definition) is 2. The molecule has 0 aliphatic heterocycles. The molecule has 6 heteroatoms. The van der Waals surface area contributed by atoms with Crippen LogP contribution in [0, 0.1) is 0 Å². The molecule has 0 aliphatic carbocycles. The minimum atomic E-state index is -0.0337. The Morgan fingerprint density at radius 1 is 0.897 bits per heavy atom. The SMILES string of the molecule is Oc1ccc(C=Nn2c(-c3ccccc3)csc2=NCc2ccccc2)c(O)c1. The van der Waals surface area contributed by atoms with Crippen LogP contribution in [0.2, 0.25) is 0 Å². The standard InChI is InChI=1S/C23H19N3O2S/c27-20-12-11-19(22(28)13-20)15-25-26-21(18-9-5-2-6-10-18)16-29-23(26)24-14-17-7-3-1-4-8-17/h1-13,15-16,27-28H,14H2. The molecule has 0 bridgehead atoms. The fourth-order valence-corrected chi connectivity index (χ4v) is 3.67. The van der Waals surface area contributed by atoms with Gasteiger partial charge in [0.2, 0.25) is 4.80 Å². The van der Waals surface area contributed by atoms with Crippen LogP contribution in [-0.4, -0.2) is 21.1 Å². The van der Waals surface area contributed by atoms with Crippen molar-refractivity contribution in [2.24, 2.45) is 10.1 Å². The third-order valence-corrected chi connectivity index (χ3v) is 5.17. The third kappa shape index (κ3) is 4.44. The van der Waals surface area contributed by atoms with Gasteiger partial charge in [-0.2, -0.15) is 5.10 Å². The first-order valence-electron chi connectivity index (χ1n) is 9.07. The molecule has 0 saturated carbocycles. The normalized spacial score (nSPS) is 11.9. The summed E-state index contributed by atoms with van der Waals surface area (Å²) in [6, 6.07) is 24.4. The van der Waals surface area contributed by atoms with E-state index in [9.17, 15) is 10.2 Å². The highest BCUT2D eigenvalue weighted by molar-refractivity contribution is 7.07. The molecule has 0 radical (unpaired) electrons. The van der Waals surface area contributed by atoms with E-state index in [4.69, 9.17) is 4.99 Å². The van der Waals surface area contributed by atoms with Crippen LogP contribution in [0.3, 0.4) is 0 Å². The van der Waals surface area contributed by atoms with Crippen molar-refractivity contribution in [2.75, 3.05) is 0 Å². The molecule has 1 heterocycles. The van der Waals surface area contributed by atoms with Gasteiger partial charge in [0.15, 0.2) is 0 Å². The molecular weight excluding hydrogens is 382 g/mol. The van der Waals surface area contributed by atoms with Crippen molar-refractivity contribution in [2.45, 2.75) is 6.54 Å². The predicted molar refractivity (Wildman–Crippen MR) is 116 cm³/mol. The van der Waals surface area contributed by atoms with Gasteiger partial charge in [-0.05, 0) is 17.7 Å². The molecule has 0 atom stereocenters. The molecule has 29 heavy (non-hydrogen) atoms. The van der Waals surface area contributed by atoms with Gasteiger partial charge < -0.3 is 10.2 Å². The summed E-state index contributed by atoms with van der Waals surface area (Å²) in [4.78, 5) is 5.49. The van der Waals surface area contributed by atoms with E-state index in [1.807, 2.05) is 66.0 Å². The smallest absolute Gasteiger partial charge is 0.206 e. The molecule has 0 unspecified atom stereocenters. The molecule has 0 amide bonds. The largest absolute Gasteiger partial charge is 0.508 e. The summed E-state index contributed by atoms with van der Waals surface area (Å²) in [6.45, 7) is 0.551. The summed E-state index contributed by atoms with van der Waals surface area (Å²) in [5.74, 6) is -0.0278. The van der Waals surface area contributed by atoms with E-state index in [1.54, 1.807) is 17.0 Å². The molecule has 3 aromatic carbocycles. The van der Waals surface area contributed by atoms with Crippen LogP contribution in [0.4, 0.5) is 0 Å². The number of benzene rings is 3. The van der Waals surface area contributed by atoms with E-state index in [0.29, 0.717) is 12.1 Å². The highest BCUT2D eigenvalue weighted by Crippen LogP contribution is 2.22. The zero-order valence-corrected chi connectivity index (χ0v) is 16.3. The fraction of sp³-hybridized carbons (Fsp3) is 0.0435. The van der Waals surface area contributed by atoms with E-state index in [1.165, 1.54) is 23.5 Å². The summed E-state index contributed by atoms with van der Waals surface area (Å²) in [5.41, 5.74) is 3.57. The van der Waals surface area contributed by atoms with Gasteiger partial charge in [-0.1, -0.05) is 60.7 Å². The zero-order chi connectivity index (χ0) is 20.1. The second-order valence-electron chi connectivity index (χ2n) is 6.37. The fourth-order valence-electron chi connectivity index (χ4n) is 2.83.